The van der Waals surface area contributed by atoms with Crippen LogP contribution in [-0.2, 0) is 13.0 Å². The Bertz CT molecular complexity index is 984. The first-order valence-corrected chi connectivity index (χ1v) is 15.8. The summed E-state index contributed by atoms with van der Waals surface area (Å²) in [5.74, 6) is 0. The van der Waals surface area contributed by atoms with Crippen LogP contribution in [0.5, 0.6) is 0 Å². The van der Waals surface area contributed by atoms with Crippen molar-refractivity contribution in [3.63, 3.8) is 0 Å². The van der Waals surface area contributed by atoms with Crippen LogP contribution in [0.2, 0.25) is 0 Å². The minimum atomic E-state index is -3.08. The smallest absolute Gasteiger partial charge is 0.164 e. The van der Waals surface area contributed by atoms with E-state index in [9.17, 15) is 4.57 Å². The topological polar surface area (TPSA) is 35.5 Å². The van der Waals surface area contributed by atoms with E-state index in [1.165, 1.54) is 0 Å². The highest BCUT2D eigenvalue weighted by Crippen LogP contribution is 2.45. The molecule has 1 aliphatic heterocycles. The molecule has 30 heavy (non-hydrogen) atoms. The minimum absolute atomic E-state index is 1.08. The van der Waals surface area contributed by atoms with E-state index >= 15 is 0 Å². The molecule has 0 atom stereocenters. The van der Waals surface area contributed by atoms with Crippen LogP contribution in [0.3, 0.4) is 0 Å². The van der Waals surface area contributed by atoms with Crippen LogP contribution in [0.1, 0.15) is 0 Å². The molecule has 0 spiro atoms. The molecule has 0 amide bonds. The fraction of sp³-hybridized carbons (Fsp3) is 0. The van der Waals surface area contributed by atoms with Crippen molar-refractivity contribution in [3.05, 3.63) is 121 Å². The van der Waals surface area contributed by atoms with Crippen LogP contribution in [0, 0.1) is 0 Å². The average molecular weight is 444 g/mol. The number of rotatable bonds is 4. The summed E-state index contributed by atoms with van der Waals surface area (Å²) in [6.45, 7) is 0. The summed E-state index contributed by atoms with van der Waals surface area (Å²) < 4.78 is 26.2. The standard InChI is InChI=1S/C24H20O3PSi2/c25-28-26-29(21-13-5-1-6-14-21,22-15-7-2-8-16-22)30(27-28,23-17-9-3-10-18-23)24-19-11-4-12-20-24/h1-20H/q+1. The minimum Gasteiger partial charge on any atom is -0.164 e. The van der Waals surface area contributed by atoms with Crippen molar-refractivity contribution in [2.45, 2.75) is 0 Å². The molecular weight excluding hydrogens is 423 g/mol. The van der Waals surface area contributed by atoms with Crippen molar-refractivity contribution in [1.82, 2.24) is 0 Å². The fourth-order valence-corrected chi connectivity index (χ4v) is 24.9. The highest BCUT2D eigenvalue weighted by molar-refractivity contribution is 7.65. The van der Waals surface area contributed by atoms with E-state index in [-0.39, 0.29) is 0 Å². The van der Waals surface area contributed by atoms with Gasteiger partial charge in [-0.1, -0.05) is 121 Å². The third-order valence-corrected chi connectivity index (χ3v) is 22.7. The summed E-state index contributed by atoms with van der Waals surface area (Å²) in [5.41, 5.74) is 0. The van der Waals surface area contributed by atoms with Crippen LogP contribution in [-0.4, -0.2) is 15.7 Å². The molecule has 3 nitrogen and oxygen atoms in total. The molecule has 5 rings (SSSR count). The highest BCUT2D eigenvalue weighted by Gasteiger charge is 2.78. The SMILES string of the molecule is O=[P+]1O[Si](c2ccccc2)(c2ccccc2)[Si](c2ccccc2)(c2ccccc2)O1. The molecule has 0 unspecified atom stereocenters. The lowest BCUT2D eigenvalue weighted by atomic mass is 10.4. The number of hydrogen-bond donors (Lipinski definition) is 0. The Morgan fingerprint density at radius 3 is 0.900 bits per heavy atom. The van der Waals surface area contributed by atoms with Gasteiger partial charge in [-0.05, 0) is 20.7 Å². The molecule has 1 heterocycles. The van der Waals surface area contributed by atoms with Crippen LogP contribution < -0.4 is 20.7 Å². The molecule has 1 saturated heterocycles. The van der Waals surface area contributed by atoms with Gasteiger partial charge >= 0.3 is 23.9 Å². The maximum Gasteiger partial charge on any atom is 0.674 e. The first-order valence-electron chi connectivity index (χ1n) is 9.85. The van der Waals surface area contributed by atoms with E-state index in [4.69, 9.17) is 8.43 Å². The molecular formula is C24H20O3PSi2+. The van der Waals surface area contributed by atoms with Gasteiger partial charge in [-0.15, -0.1) is 0 Å². The van der Waals surface area contributed by atoms with Gasteiger partial charge in [-0.25, -0.2) is 0 Å². The van der Waals surface area contributed by atoms with Crippen LogP contribution in [0.25, 0.3) is 0 Å². The van der Waals surface area contributed by atoms with Gasteiger partial charge in [-0.3, -0.25) is 0 Å². The highest BCUT2D eigenvalue weighted by atomic mass is 31.1. The zero-order chi connectivity index (χ0) is 20.4. The van der Waals surface area contributed by atoms with Crippen molar-refractivity contribution in [3.8, 4) is 0 Å². The van der Waals surface area contributed by atoms with Crippen LogP contribution >= 0.6 is 8.25 Å². The Kier molecular flexibility index (Phi) is 5.07. The van der Waals surface area contributed by atoms with Gasteiger partial charge in [0.1, 0.15) is 0 Å². The molecule has 4 aromatic carbocycles. The number of hydrogen-bond acceptors (Lipinski definition) is 3. The monoisotopic (exact) mass is 443 g/mol. The summed E-state index contributed by atoms with van der Waals surface area (Å²) in [5, 5.41) is 4.32. The predicted molar refractivity (Wildman–Crippen MR) is 126 cm³/mol. The predicted octanol–water partition coefficient (Wildman–Crippen LogP) is 3.29. The molecule has 0 bridgehead atoms. The second kappa shape index (κ2) is 7.87. The summed E-state index contributed by atoms with van der Waals surface area (Å²) >= 11 is 0. The summed E-state index contributed by atoms with van der Waals surface area (Å²) in [7, 11) is -8.41. The van der Waals surface area contributed by atoms with Crippen molar-refractivity contribution in [2.75, 3.05) is 0 Å². The van der Waals surface area contributed by atoms with E-state index in [1.54, 1.807) is 0 Å². The van der Waals surface area contributed by atoms with Gasteiger partial charge < -0.3 is 0 Å². The zero-order valence-corrected chi connectivity index (χ0v) is 19.1. The molecule has 0 aromatic heterocycles. The van der Waals surface area contributed by atoms with E-state index < -0.39 is 23.9 Å². The first-order chi connectivity index (χ1) is 14.8. The molecule has 0 aliphatic carbocycles. The van der Waals surface area contributed by atoms with Crippen LogP contribution in [0.15, 0.2) is 121 Å². The summed E-state index contributed by atoms with van der Waals surface area (Å²) in [6.07, 6.45) is 0. The summed E-state index contributed by atoms with van der Waals surface area (Å²) in [6, 6.07) is 41.0. The fourth-order valence-electron chi connectivity index (χ4n) is 4.42. The van der Waals surface area contributed by atoms with E-state index in [2.05, 4.69) is 48.5 Å². The molecule has 0 saturated carbocycles. The van der Waals surface area contributed by atoms with Gasteiger partial charge in [-0.2, -0.15) is 8.43 Å². The van der Waals surface area contributed by atoms with Gasteiger partial charge in [0.2, 0.25) is 0 Å². The quantitative estimate of drug-likeness (QED) is 0.359. The van der Waals surface area contributed by atoms with E-state index in [0.29, 0.717) is 0 Å². The Morgan fingerprint density at radius 2 is 0.667 bits per heavy atom. The maximum atomic E-state index is 13.1. The molecule has 0 N–H and O–H groups in total. The summed E-state index contributed by atoms with van der Waals surface area (Å²) in [4.78, 5) is 0. The van der Waals surface area contributed by atoms with Crippen LogP contribution in [0.4, 0.5) is 0 Å². The normalized spacial score (nSPS) is 17.0. The van der Waals surface area contributed by atoms with Gasteiger partial charge in [0.15, 0.2) is 0 Å². The second-order valence-corrected chi connectivity index (χ2v) is 18.4. The first kappa shape index (κ1) is 19.3. The largest absolute Gasteiger partial charge is 0.674 e. The maximum absolute atomic E-state index is 13.1. The van der Waals surface area contributed by atoms with Crippen molar-refractivity contribution < 1.29 is 13.0 Å². The Balaban J connectivity index is 1.94. The second-order valence-electron chi connectivity index (χ2n) is 7.23. The van der Waals surface area contributed by atoms with Gasteiger partial charge in [0.25, 0.3) is 0 Å². The molecule has 4 aromatic rings. The van der Waals surface area contributed by atoms with Gasteiger partial charge in [0.05, 0.1) is 0 Å². The van der Waals surface area contributed by atoms with Crippen molar-refractivity contribution >= 4 is 44.7 Å². The Morgan fingerprint density at radius 1 is 0.433 bits per heavy atom. The third-order valence-electron chi connectivity index (χ3n) is 5.64. The molecule has 6 heteroatoms. The van der Waals surface area contributed by atoms with E-state index in [1.807, 2.05) is 72.8 Å². The number of benzene rings is 4. The Hall–Kier alpha value is -2.67. The lowest BCUT2D eigenvalue weighted by Gasteiger charge is -2.34. The van der Waals surface area contributed by atoms with Gasteiger partial charge in [0, 0.05) is 4.57 Å². The lowest BCUT2D eigenvalue weighted by Crippen LogP contribution is -2.84. The molecule has 1 fully saturated rings. The average Bonchev–Trinajstić information content (AvgIpc) is 3.16. The lowest BCUT2D eigenvalue weighted by molar-refractivity contribution is 0.451. The third kappa shape index (κ3) is 2.87. The van der Waals surface area contributed by atoms with Crippen molar-refractivity contribution in [1.29, 1.82) is 0 Å². The Labute approximate surface area is 178 Å². The van der Waals surface area contributed by atoms with E-state index in [0.717, 1.165) is 20.7 Å². The zero-order valence-electron chi connectivity index (χ0n) is 16.2. The van der Waals surface area contributed by atoms with Crippen molar-refractivity contribution in [2.24, 2.45) is 0 Å². The molecule has 1 aliphatic rings. The molecule has 0 radical (unpaired) electrons. The molecule has 146 valence electrons.